The van der Waals surface area contributed by atoms with Crippen molar-refractivity contribution in [3.63, 3.8) is 0 Å². The molecule has 17 heavy (non-hydrogen) atoms. The summed E-state index contributed by atoms with van der Waals surface area (Å²) in [7, 11) is 1.64. The molecule has 0 aromatic carbocycles. The molecular formula is C12H24N2O3. The molecule has 100 valence electrons. The van der Waals surface area contributed by atoms with Gasteiger partial charge in [0.15, 0.2) is 0 Å². The van der Waals surface area contributed by atoms with Crippen LogP contribution in [0, 0.1) is 5.92 Å². The Kier molecular flexibility index (Phi) is 7.16. The second-order valence-corrected chi connectivity index (χ2v) is 4.55. The molecule has 0 bridgehead atoms. The minimum atomic E-state index is -0.436. The SMILES string of the molecule is COCCCC(N)C(=O)NCCOCC1CC1. The van der Waals surface area contributed by atoms with Crippen molar-refractivity contribution in [2.45, 2.75) is 31.7 Å². The number of carbonyl (C=O) groups excluding carboxylic acids is 1. The van der Waals surface area contributed by atoms with Crippen LogP contribution >= 0.6 is 0 Å². The zero-order chi connectivity index (χ0) is 12.5. The Morgan fingerprint density at radius 2 is 2.24 bits per heavy atom. The summed E-state index contributed by atoms with van der Waals surface area (Å²) in [4.78, 5) is 11.5. The zero-order valence-corrected chi connectivity index (χ0v) is 10.6. The summed E-state index contributed by atoms with van der Waals surface area (Å²) in [5.41, 5.74) is 5.72. The van der Waals surface area contributed by atoms with Gasteiger partial charge in [0, 0.05) is 26.9 Å². The average Bonchev–Trinajstić information content (AvgIpc) is 3.12. The van der Waals surface area contributed by atoms with Crippen LogP contribution in [-0.4, -0.2) is 45.4 Å². The fourth-order valence-corrected chi connectivity index (χ4v) is 1.49. The summed E-state index contributed by atoms with van der Waals surface area (Å²) in [5.74, 6) is 0.665. The van der Waals surface area contributed by atoms with E-state index in [4.69, 9.17) is 15.2 Å². The molecule has 1 aliphatic carbocycles. The molecule has 5 nitrogen and oxygen atoms in total. The summed E-state index contributed by atoms with van der Waals surface area (Å²) in [5, 5.41) is 2.77. The Morgan fingerprint density at radius 3 is 2.88 bits per heavy atom. The monoisotopic (exact) mass is 244 g/mol. The van der Waals surface area contributed by atoms with Crippen LogP contribution in [0.15, 0.2) is 0 Å². The number of hydrogen-bond acceptors (Lipinski definition) is 4. The van der Waals surface area contributed by atoms with Crippen LogP contribution in [0.2, 0.25) is 0 Å². The van der Waals surface area contributed by atoms with Gasteiger partial charge in [0.25, 0.3) is 0 Å². The number of ether oxygens (including phenoxy) is 2. The van der Waals surface area contributed by atoms with Crippen molar-refractivity contribution in [2.75, 3.05) is 33.5 Å². The van der Waals surface area contributed by atoms with E-state index in [0.29, 0.717) is 26.2 Å². The number of methoxy groups -OCH3 is 1. The normalized spacial score (nSPS) is 16.8. The van der Waals surface area contributed by atoms with Crippen molar-refractivity contribution in [1.29, 1.82) is 0 Å². The molecule has 1 fully saturated rings. The highest BCUT2D eigenvalue weighted by atomic mass is 16.5. The topological polar surface area (TPSA) is 73.6 Å². The van der Waals surface area contributed by atoms with Gasteiger partial charge < -0.3 is 20.5 Å². The maximum absolute atomic E-state index is 11.5. The number of nitrogens with two attached hydrogens (primary N) is 1. The minimum absolute atomic E-state index is 0.101. The van der Waals surface area contributed by atoms with Crippen LogP contribution in [0.4, 0.5) is 0 Å². The van der Waals surface area contributed by atoms with E-state index in [9.17, 15) is 4.79 Å². The predicted octanol–water partition coefficient (Wildman–Crippen LogP) is 0.283. The van der Waals surface area contributed by atoms with E-state index in [1.165, 1.54) is 12.8 Å². The van der Waals surface area contributed by atoms with Gasteiger partial charge in [-0.15, -0.1) is 0 Å². The number of nitrogens with one attached hydrogen (secondary N) is 1. The highest BCUT2D eigenvalue weighted by Gasteiger charge is 2.21. The fraction of sp³-hybridized carbons (Fsp3) is 0.917. The second kappa shape index (κ2) is 8.44. The largest absolute Gasteiger partial charge is 0.385 e. The van der Waals surface area contributed by atoms with Crippen LogP contribution in [0.5, 0.6) is 0 Å². The molecule has 1 aliphatic rings. The van der Waals surface area contributed by atoms with Gasteiger partial charge in [-0.1, -0.05) is 0 Å². The van der Waals surface area contributed by atoms with Crippen LogP contribution in [0.1, 0.15) is 25.7 Å². The second-order valence-electron chi connectivity index (χ2n) is 4.55. The van der Waals surface area contributed by atoms with E-state index in [-0.39, 0.29) is 5.91 Å². The zero-order valence-electron chi connectivity index (χ0n) is 10.6. The first-order chi connectivity index (χ1) is 8.24. The van der Waals surface area contributed by atoms with Crippen molar-refractivity contribution in [3.8, 4) is 0 Å². The van der Waals surface area contributed by atoms with Crippen LogP contribution < -0.4 is 11.1 Å². The first kappa shape index (κ1) is 14.4. The van der Waals surface area contributed by atoms with E-state index in [1.54, 1.807) is 7.11 Å². The van der Waals surface area contributed by atoms with E-state index >= 15 is 0 Å². The Morgan fingerprint density at radius 1 is 1.47 bits per heavy atom. The van der Waals surface area contributed by atoms with Gasteiger partial charge in [-0.3, -0.25) is 4.79 Å². The smallest absolute Gasteiger partial charge is 0.236 e. The Balaban J connectivity index is 1.90. The van der Waals surface area contributed by atoms with Crippen molar-refractivity contribution in [1.82, 2.24) is 5.32 Å². The third-order valence-electron chi connectivity index (χ3n) is 2.80. The van der Waals surface area contributed by atoms with Crippen molar-refractivity contribution in [3.05, 3.63) is 0 Å². The molecule has 0 heterocycles. The molecule has 0 spiro atoms. The summed E-state index contributed by atoms with van der Waals surface area (Å²) in [6.07, 6.45) is 4.04. The van der Waals surface area contributed by atoms with Gasteiger partial charge >= 0.3 is 0 Å². The van der Waals surface area contributed by atoms with Gasteiger partial charge in [0.2, 0.25) is 5.91 Å². The number of rotatable bonds is 10. The maximum atomic E-state index is 11.5. The first-order valence-electron chi connectivity index (χ1n) is 6.34. The van der Waals surface area contributed by atoms with E-state index in [2.05, 4.69) is 5.32 Å². The quantitative estimate of drug-likeness (QED) is 0.541. The van der Waals surface area contributed by atoms with E-state index in [1.807, 2.05) is 0 Å². The standard InChI is InChI=1S/C12H24N2O3/c1-16-7-2-3-11(13)12(15)14-6-8-17-9-10-4-5-10/h10-11H,2-9,13H2,1H3,(H,14,15). The highest BCUT2D eigenvalue weighted by molar-refractivity contribution is 5.81. The lowest BCUT2D eigenvalue weighted by molar-refractivity contribution is -0.122. The minimum Gasteiger partial charge on any atom is -0.385 e. The Bertz CT molecular complexity index is 220. The first-order valence-corrected chi connectivity index (χ1v) is 6.34. The molecule has 1 unspecified atom stereocenters. The molecule has 1 amide bonds. The third kappa shape index (κ3) is 7.31. The summed E-state index contributed by atoms with van der Waals surface area (Å²) >= 11 is 0. The number of carbonyl (C=O) groups is 1. The number of amides is 1. The van der Waals surface area contributed by atoms with Crippen LogP contribution in [0.25, 0.3) is 0 Å². The molecule has 0 aromatic rings. The van der Waals surface area contributed by atoms with Gasteiger partial charge in [-0.25, -0.2) is 0 Å². The molecule has 1 saturated carbocycles. The molecule has 0 aromatic heterocycles. The molecule has 3 N–H and O–H groups in total. The van der Waals surface area contributed by atoms with Gasteiger partial charge in [-0.05, 0) is 31.6 Å². The molecule has 0 radical (unpaired) electrons. The lowest BCUT2D eigenvalue weighted by Crippen LogP contribution is -2.41. The Hall–Kier alpha value is -0.650. The summed E-state index contributed by atoms with van der Waals surface area (Å²) in [6.45, 7) is 2.60. The molecule has 1 atom stereocenters. The van der Waals surface area contributed by atoms with Crippen molar-refractivity contribution < 1.29 is 14.3 Å². The van der Waals surface area contributed by atoms with Crippen LogP contribution in [0.3, 0.4) is 0 Å². The molecule has 0 saturated heterocycles. The average molecular weight is 244 g/mol. The van der Waals surface area contributed by atoms with Gasteiger partial charge in [0.1, 0.15) is 0 Å². The lowest BCUT2D eigenvalue weighted by atomic mass is 10.1. The highest BCUT2D eigenvalue weighted by Crippen LogP contribution is 2.28. The predicted molar refractivity (Wildman–Crippen MR) is 65.6 cm³/mol. The maximum Gasteiger partial charge on any atom is 0.236 e. The van der Waals surface area contributed by atoms with Crippen molar-refractivity contribution in [2.24, 2.45) is 11.7 Å². The molecular weight excluding hydrogens is 220 g/mol. The molecule has 1 rings (SSSR count). The summed E-state index contributed by atoms with van der Waals surface area (Å²) in [6, 6.07) is -0.436. The molecule has 5 heteroatoms. The summed E-state index contributed by atoms with van der Waals surface area (Å²) < 4.78 is 10.3. The molecule has 0 aliphatic heterocycles. The third-order valence-corrected chi connectivity index (χ3v) is 2.80. The lowest BCUT2D eigenvalue weighted by Gasteiger charge is -2.12. The van der Waals surface area contributed by atoms with E-state index in [0.717, 1.165) is 18.9 Å². The fourth-order valence-electron chi connectivity index (χ4n) is 1.49. The van der Waals surface area contributed by atoms with Crippen LogP contribution in [-0.2, 0) is 14.3 Å². The van der Waals surface area contributed by atoms with Gasteiger partial charge in [-0.2, -0.15) is 0 Å². The van der Waals surface area contributed by atoms with Crippen molar-refractivity contribution >= 4 is 5.91 Å². The van der Waals surface area contributed by atoms with E-state index < -0.39 is 6.04 Å². The Labute approximate surface area is 103 Å². The van der Waals surface area contributed by atoms with Gasteiger partial charge in [0.05, 0.1) is 12.6 Å². The number of hydrogen-bond donors (Lipinski definition) is 2.